The summed E-state index contributed by atoms with van der Waals surface area (Å²) in [6.45, 7) is 0.510. The first-order valence-electron chi connectivity index (χ1n) is 9.54. The van der Waals surface area contributed by atoms with E-state index in [0.717, 1.165) is 11.1 Å². The molecule has 0 saturated carbocycles. The second-order valence-electron chi connectivity index (χ2n) is 7.12. The molecule has 0 radical (unpaired) electrons. The molecule has 29 heavy (non-hydrogen) atoms. The Labute approximate surface area is 173 Å². The minimum absolute atomic E-state index is 0.0726. The Bertz CT molecular complexity index is 1230. The van der Waals surface area contributed by atoms with Gasteiger partial charge in [0.05, 0.1) is 16.5 Å². The van der Waals surface area contributed by atoms with Gasteiger partial charge in [-0.05, 0) is 36.2 Å². The van der Waals surface area contributed by atoms with Crippen molar-refractivity contribution >= 4 is 39.3 Å². The number of alkyl halides is 1. The first-order valence-corrected chi connectivity index (χ1v) is 9.98. The number of nitrogens with one attached hydrogen (secondary N) is 1. The fourth-order valence-electron chi connectivity index (χ4n) is 3.57. The predicted molar refractivity (Wildman–Crippen MR) is 119 cm³/mol. The summed E-state index contributed by atoms with van der Waals surface area (Å²) in [6, 6.07) is 22.4. The maximum atomic E-state index is 13.1. The second kappa shape index (κ2) is 8.10. The lowest BCUT2D eigenvalue weighted by molar-refractivity contribution is 0.0795. The zero-order chi connectivity index (χ0) is 20.4. The number of aromatic amines is 1. The normalized spacial score (nSPS) is 12.2. The summed E-state index contributed by atoms with van der Waals surface area (Å²) in [4.78, 5) is 30.9. The molecule has 4 rings (SSSR count). The number of hydrogen-bond acceptors (Lipinski definition) is 2. The van der Waals surface area contributed by atoms with Gasteiger partial charge in [-0.1, -0.05) is 48.5 Å². The summed E-state index contributed by atoms with van der Waals surface area (Å²) in [5.74, 6) is -0.140. The van der Waals surface area contributed by atoms with Crippen LogP contribution in [-0.2, 0) is 0 Å². The molecular weight excluding hydrogens is 384 g/mol. The number of nitrogens with zero attached hydrogens (tertiary/aromatic N) is 1. The molecule has 0 saturated heterocycles. The van der Waals surface area contributed by atoms with E-state index in [2.05, 4.69) is 4.98 Å². The average Bonchev–Trinajstić information content (AvgIpc) is 2.77. The molecule has 5 heteroatoms. The molecule has 0 spiro atoms. The van der Waals surface area contributed by atoms with Crippen molar-refractivity contribution in [3.8, 4) is 0 Å². The largest absolute Gasteiger partial charge is 0.354 e. The first-order chi connectivity index (χ1) is 14.1. The smallest absolute Gasteiger partial charge is 0.255 e. The highest BCUT2D eigenvalue weighted by molar-refractivity contribution is 6.20. The SMILES string of the molecule is CN(CCC(Cl)c1ccccc1)C(=O)c1cccc2c(=O)c3ccccc3[nH]c12. The Morgan fingerprint density at radius 3 is 2.45 bits per heavy atom. The third-order valence-electron chi connectivity index (χ3n) is 5.20. The number of hydrogen-bond donors (Lipinski definition) is 1. The van der Waals surface area contributed by atoms with Crippen LogP contribution >= 0.6 is 11.6 Å². The summed E-state index contributed by atoms with van der Waals surface area (Å²) >= 11 is 6.50. The maximum absolute atomic E-state index is 13.1. The van der Waals surface area contributed by atoms with Crippen LogP contribution in [0.4, 0.5) is 0 Å². The van der Waals surface area contributed by atoms with Crippen molar-refractivity contribution in [2.24, 2.45) is 0 Å². The summed E-state index contributed by atoms with van der Waals surface area (Å²) in [5, 5.41) is 0.968. The summed E-state index contributed by atoms with van der Waals surface area (Å²) in [7, 11) is 1.76. The van der Waals surface area contributed by atoms with E-state index in [-0.39, 0.29) is 16.7 Å². The standard InChI is InChI=1S/C24H21ClN2O2/c1-27(15-14-20(25)16-8-3-2-4-9-16)24(29)19-12-7-11-18-22(19)26-21-13-6-5-10-17(21)23(18)28/h2-13,20H,14-15H2,1H3,(H,26,28). The molecule has 0 aliphatic heterocycles. The minimum atomic E-state index is -0.164. The van der Waals surface area contributed by atoms with Gasteiger partial charge in [0.25, 0.3) is 5.91 Å². The number of pyridine rings is 1. The molecule has 0 bridgehead atoms. The first kappa shape index (κ1) is 19.2. The molecular formula is C24H21ClN2O2. The average molecular weight is 405 g/mol. The summed E-state index contributed by atoms with van der Waals surface area (Å²) < 4.78 is 0. The van der Waals surface area contributed by atoms with E-state index in [1.165, 1.54) is 0 Å². The molecule has 4 nitrogen and oxygen atoms in total. The molecule has 1 amide bonds. The Kier molecular flexibility index (Phi) is 5.36. The molecule has 1 atom stereocenters. The number of halogens is 1. The molecule has 0 aliphatic carbocycles. The van der Waals surface area contributed by atoms with Crippen LogP contribution in [0, 0.1) is 0 Å². The van der Waals surface area contributed by atoms with E-state index in [1.54, 1.807) is 36.2 Å². The molecule has 4 aromatic rings. The van der Waals surface area contributed by atoms with Gasteiger partial charge in [-0.25, -0.2) is 0 Å². The van der Waals surface area contributed by atoms with Gasteiger partial charge >= 0.3 is 0 Å². The van der Waals surface area contributed by atoms with E-state index in [9.17, 15) is 9.59 Å². The lowest BCUT2D eigenvalue weighted by atomic mass is 10.0. The minimum Gasteiger partial charge on any atom is -0.354 e. The van der Waals surface area contributed by atoms with Gasteiger partial charge in [-0.3, -0.25) is 9.59 Å². The number of H-pyrrole nitrogens is 1. The van der Waals surface area contributed by atoms with Crippen molar-refractivity contribution in [1.29, 1.82) is 0 Å². The van der Waals surface area contributed by atoms with Crippen LogP contribution in [0.2, 0.25) is 0 Å². The van der Waals surface area contributed by atoms with Crippen LogP contribution in [0.1, 0.15) is 27.7 Å². The van der Waals surface area contributed by atoms with Crippen LogP contribution < -0.4 is 5.43 Å². The zero-order valence-corrected chi connectivity index (χ0v) is 16.8. The van der Waals surface area contributed by atoms with E-state index in [1.807, 2.05) is 48.5 Å². The number of aromatic nitrogens is 1. The summed E-state index contributed by atoms with van der Waals surface area (Å²) in [6.07, 6.45) is 0.637. The van der Waals surface area contributed by atoms with Crippen molar-refractivity contribution < 1.29 is 4.79 Å². The topological polar surface area (TPSA) is 53.2 Å². The molecule has 3 aromatic carbocycles. The van der Waals surface area contributed by atoms with E-state index in [4.69, 9.17) is 11.6 Å². The quantitative estimate of drug-likeness (QED) is 0.370. The third kappa shape index (κ3) is 3.76. The summed E-state index contributed by atoms with van der Waals surface area (Å²) in [5.41, 5.74) is 2.74. The van der Waals surface area contributed by atoms with Crippen molar-refractivity contribution in [2.75, 3.05) is 13.6 Å². The van der Waals surface area contributed by atoms with E-state index >= 15 is 0 Å². The fraction of sp³-hybridized carbons (Fsp3) is 0.167. The number of carbonyl (C=O) groups is 1. The zero-order valence-electron chi connectivity index (χ0n) is 16.1. The Morgan fingerprint density at radius 1 is 0.966 bits per heavy atom. The van der Waals surface area contributed by atoms with Gasteiger partial charge in [-0.15, -0.1) is 11.6 Å². The molecule has 146 valence electrons. The van der Waals surface area contributed by atoms with Gasteiger partial charge in [0, 0.05) is 29.9 Å². The molecule has 1 aromatic heterocycles. The monoisotopic (exact) mass is 404 g/mol. The molecule has 1 N–H and O–H groups in total. The molecule has 1 heterocycles. The Balaban J connectivity index is 1.62. The number of para-hydroxylation sites is 2. The van der Waals surface area contributed by atoms with Crippen LogP contribution in [-0.4, -0.2) is 29.4 Å². The van der Waals surface area contributed by atoms with Gasteiger partial charge in [0.15, 0.2) is 5.43 Å². The Hall–Kier alpha value is -3.11. The molecule has 1 unspecified atom stereocenters. The number of amides is 1. The number of fused-ring (bicyclic) bond motifs is 2. The van der Waals surface area contributed by atoms with Crippen LogP contribution in [0.3, 0.4) is 0 Å². The van der Waals surface area contributed by atoms with Crippen molar-refractivity contribution in [2.45, 2.75) is 11.8 Å². The Morgan fingerprint density at radius 2 is 1.66 bits per heavy atom. The van der Waals surface area contributed by atoms with Gasteiger partial charge in [0.2, 0.25) is 0 Å². The van der Waals surface area contributed by atoms with Crippen molar-refractivity contribution in [3.05, 3.63) is 94.1 Å². The maximum Gasteiger partial charge on any atom is 0.255 e. The third-order valence-corrected chi connectivity index (χ3v) is 5.67. The predicted octanol–water partition coefficient (Wildman–Crippen LogP) is 5.12. The highest BCUT2D eigenvalue weighted by Crippen LogP contribution is 2.25. The number of rotatable bonds is 5. The fourth-order valence-corrected chi connectivity index (χ4v) is 3.81. The van der Waals surface area contributed by atoms with E-state index in [0.29, 0.717) is 34.8 Å². The van der Waals surface area contributed by atoms with E-state index < -0.39 is 0 Å². The highest BCUT2D eigenvalue weighted by Gasteiger charge is 2.18. The van der Waals surface area contributed by atoms with Crippen molar-refractivity contribution in [3.63, 3.8) is 0 Å². The van der Waals surface area contributed by atoms with Gasteiger partial charge < -0.3 is 9.88 Å². The number of carbonyl (C=O) groups excluding carboxylic acids is 1. The van der Waals surface area contributed by atoms with Crippen LogP contribution in [0.5, 0.6) is 0 Å². The highest BCUT2D eigenvalue weighted by atomic mass is 35.5. The van der Waals surface area contributed by atoms with Gasteiger partial charge in [-0.2, -0.15) is 0 Å². The van der Waals surface area contributed by atoms with Gasteiger partial charge in [0.1, 0.15) is 0 Å². The number of benzene rings is 3. The molecule has 0 fully saturated rings. The van der Waals surface area contributed by atoms with Crippen LogP contribution in [0.15, 0.2) is 77.6 Å². The van der Waals surface area contributed by atoms with Crippen molar-refractivity contribution in [1.82, 2.24) is 9.88 Å². The lowest BCUT2D eigenvalue weighted by Crippen LogP contribution is -2.29. The molecule has 0 aliphatic rings. The second-order valence-corrected chi connectivity index (χ2v) is 7.65. The van der Waals surface area contributed by atoms with Crippen LogP contribution in [0.25, 0.3) is 21.8 Å². The lowest BCUT2D eigenvalue weighted by Gasteiger charge is -2.20.